The summed E-state index contributed by atoms with van der Waals surface area (Å²) in [5.41, 5.74) is 1.54. The molecule has 0 aromatic heterocycles. The normalized spacial score (nSPS) is 14.6. The van der Waals surface area contributed by atoms with Crippen LogP contribution in [0.4, 0.5) is 4.39 Å². The lowest BCUT2D eigenvalue weighted by Gasteiger charge is -2.27. The highest BCUT2D eigenvalue weighted by Gasteiger charge is 2.17. The minimum absolute atomic E-state index is 0.0408. The molecule has 0 atom stereocenters. The molecule has 5 heteroatoms. The molecule has 0 spiro atoms. The summed E-state index contributed by atoms with van der Waals surface area (Å²) in [6.45, 7) is 3.40. The van der Waals surface area contributed by atoms with Crippen LogP contribution in [0.15, 0.2) is 48.5 Å². The van der Waals surface area contributed by atoms with Crippen LogP contribution in [0, 0.1) is 5.82 Å². The fourth-order valence-electron chi connectivity index (χ4n) is 2.57. The lowest BCUT2D eigenvalue weighted by atomic mass is 10.1. The first-order valence-corrected chi connectivity index (χ1v) is 7.70. The molecule has 1 heterocycles. The van der Waals surface area contributed by atoms with Crippen molar-refractivity contribution < 1.29 is 13.9 Å². The summed E-state index contributed by atoms with van der Waals surface area (Å²) in [7, 11) is 0. The predicted octanol–water partition coefficient (Wildman–Crippen LogP) is 2.45. The SMILES string of the molecule is O=C(c1cccc(COc2cccc(F)c2)c1)N1CCNCC1. The van der Waals surface area contributed by atoms with Gasteiger partial charge in [0.15, 0.2) is 0 Å². The molecular formula is C18H19FN2O2. The molecule has 0 saturated carbocycles. The highest BCUT2D eigenvalue weighted by Crippen LogP contribution is 2.15. The molecule has 0 aliphatic carbocycles. The Labute approximate surface area is 134 Å². The van der Waals surface area contributed by atoms with E-state index in [-0.39, 0.29) is 11.7 Å². The van der Waals surface area contributed by atoms with Crippen LogP contribution in [0.2, 0.25) is 0 Å². The Morgan fingerprint density at radius 2 is 1.91 bits per heavy atom. The van der Waals surface area contributed by atoms with Gasteiger partial charge in [0.25, 0.3) is 5.91 Å². The maximum Gasteiger partial charge on any atom is 0.253 e. The number of carbonyl (C=O) groups is 1. The molecule has 0 bridgehead atoms. The molecule has 1 aliphatic heterocycles. The van der Waals surface area contributed by atoms with Crippen molar-refractivity contribution in [1.82, 2.24) is 10.2 Å². The molecule has 120 valence electrons. The average Bonchev–Trinajstić information content (AvgIpc) is 2.60. The number of nitrogens with one attached hydrogen (secondary N) is 1. The van der Waals surface area contributed by atoms with Crippen molar-refractivity contribution in [3.8, 4) is 5.75 Å². The molecule has 1 N–H and O–H groups in total. The van der Waals surface area contributed by atoms with Gasteiger partial charge in [-0.15, -0.1) is 0 Å². The third-order valence-electron chi connectivity index (χ3n) is 3.78. The van der Waals surface area contributed by atoms with Crippen molar-refractivity contribution in [2.45, 2.75) is 6.61 Å². The summed E-state index contributed by atoms with van der Waals surface area (Å²) in [5.74, 6) is 0.188. The molecular weight excluding hydrogens is 295 g/mol. The quantitative estimate of drug-likeness (QED) is 0.942. The average molecular weight is 314 g/mol. The first-order valence-electron chi connectivity index (χ1n) is 7.70. The van der Waals surface area contributed by atoms with Gasteiger partial charge in [0.05, 0.1) is 0 Å². The van der Waals surface area contributed by atoms with Gasteiger partial charge < -0.3 is 15.0 Å². The summed E-state index contributed by atoms with van der Waals surface area (Å²) in [4.78, 5) is 14.3. The first-order chi connectivity index (χ1) is 11.2. The zero-order chi connectivity index (χ0) is 16.1. The van der Waals surface area contributed by atoms with Gasteiger partial charge in [0.2, 0.25) is 0 Å². The maximum absolute atomic E-state index is 13.1. The van der Waals surface area contributed by atoms with Gasteiger partial charge in [-0.25, -0.2) is 4.39 Å². The van der Waals surface area contributed by atoms with E-state index in [2.05, 4.69) is 5.32 Å². The minimum Gasteiger partial charge on any atom is -0.489 e. The van der Waals surface area contributed by atoms with Crippen LogP contribution in [0.3, 0.4) is 0 Å². The fourth-order valence-corrected chi connectivity index (χ4v) is 2.57. The molecule has 1 saturated heterocycles. The highest BCUT2D eigenvalue weighted by atomic mass is 19.1. The summed E-state index contributed by atoms with van der Waals surface area (Å²) >= 11 is 0. The molecule has 0 radical (unpaired) electrons. The number of hydrogen-bond acceptors (Lipinski definition) is 3. The Hall–Kier alpha value is -2.40. The van der Waals surface area contributed by atoms with Crippen LogP contribution in [-0.4, -0.2) is 37.0 Å². The van der Waals surface area contributed by atoms with Crippen molar-refractivity contribution in [3.05, 3.63) is 65.5 Å². The number of ether oxygens (including phenoxy) is 1. The number of carbonyl (C=O) groups excluding carboxylic acids is 1. The number of nitrogens with zero attached hydrogens (tertiary/aromatic N) is 1. The fraction of sp³-hybridized carbons (Fsp3) is 0.278. The van der Waals surface area contributed by atoms with Crippen molar-refractivity contribution >= 4 is 5.91 Å². The van der Waals surface area contributed by atoms with Crippen molar-refractivity contribution in [2.75, 3.05) is 26.2 Å². The zero-order valence-corrected chi connectivity index (χ0v) is 12.8. The Kier molecular flexibility index (Phi) is 4.88. The second-order valence-corrected chi connectivity index (χ2v) is 5.49. The smallest absolute Gasteiger partial charge is 0.253 e. The number of amides is 1. The first kappa shape index (κ1) is 15.5. The number of halogens is 1. The van der Waals surface area contributed by atoms with Crippen LogP contribution in [0.1, 0.15) is 15.9 Å². The molecule has 0 unspecified atom stereocenters. The van der Waals surface area contributed by atoms with Crippen molar-refractivity contribution in [1.29, 1.82) is 0 Å². The predicted molar refractivity (Wildman–Crippen MR) is 85.9 cm³/mol. The lowest BCUT2D eigenvalue weighted by molar-refractivity contribution is 0.0735. The van der Waals surface area contributed by atoms with E-state index in [4.69, 9.17) is 4.74 Å². The van der Waals surface area contributed by atoms with Gasteiger partial charge in [0.1, 0.15) is 18.2 Å². The van der Waals surface area contributed by atoms with E-state index < -0.39 is 0 Å². The van der Waals surface area contributed by atoms with Gasteiger partial charge in [-0.05, 0) is 29.8 Å². The van der Waals surface area contributed by atoms with Gasteiger partial charge in [-0.1, -0.05) is 18.2 Å². The Morgan fingerprint density at radius 1 is 1.13 bits per heavy atom. The lowest BCUT2D eigenvalue weighted by Crippen LogP contribution is -2.46. The largest absolute Gasteiger partial charge is 0.489 e. The summed E-state index contributed by atoms with van der Waals surface area (Å²) in [5, 5.41) is 3.23. The molecule has 2 aromatic carbocycles. The summed E-state index contributed by atoms with van der Waals surface area (Å²) < 4.78 is 18.7. The molecule has 3 rings (SSSR count). The zero-order valence-electron chi connectivity index (χ0n) is 12.8. The summed E-state index contributed by atoms with van der Waals surface area (Å²) in [6, 6.07) is 13.4. The molecule has 23 heavy (non-hydrogen) atoms. The number of rotatable bonds is 4. The monoisotopic (exact) mass is 314 g/mol. The number of hydrogen-bond donors (Lipinski definition) is 1. The molecule has 1 amide bonds. The van der Waals surface area contributed by atoms with Gasteiger partial charge in [0, 0.05) is 37.8 Å². The van der Waals surface area contributed by atoms with Crippen molar-refractivity contribution in [2.24, 2.45) is 0 Å². The minimum atomic E-state index is -0.329. The van der Waals surface area contributed by atoms with Crippen LogP contribution in [-0.2, 0) is 6.61 Å². The van der Waals surface area contributed by atoms with E-state index in [1.54, 1.807) is 12.1 Å². The second kappa shape index (κ2) is 7.24. The van der Waals surface area contributed by atoms with Crippen LogP contribution in [0.5, 0.6) is 5.75 Å². The van der Waals surface area contributed by atoms with E-state index in [1.165, 1.54) is 12.1 Å². The maximum atomic E-state index is 13.1. The van der Waals surface area contributed by atoms with Crippen LogP contribution >= 0.6 is 0 Å². The van der Waals surface area contributed by atoms with Crippen LogP contribution in [0.25, 0.3) is 0 Å². The topological polar surface area (TPSA) is 41.6 Å². The third-order valence-corrected chi connectivity index (χ3v) is 3.78. The standard InChI is InChI=1S/C18H19FN2O2/c19-16-5-2-6-17(12-16)23-13-14-3-1-4-15(11-14)18(22)21-9-7-20-8-10-21/h1-6,11-12,20H,7-10,13H2. The Bertz CT molecular complexity index is 684. The van der Waals surface area contributed by atoms with Crippen LogP contribution < -0.4 is 10.1 Å². The number of benzene rings is 2. The molecule has 4 nitrogen and oxygen atoms in total. The molecule has 2 aromatic rings. The Morgan fingerprint density at radius 3 is 2.70 bits per heavy atom. The van der Waals surface area contributed by atoms with E-state index in [9.17, 15) is 9.18 Å². The van der Waals surface area contributed by atoms with Crippen molar-refractivity contribution in [3.63, 3.8) is 0 Å². The molecule has 1 aliphatic rings. The highest BCUT2D eigenvalue weighted by molar-refractivity contribution is 5.94. The van der Waals surface area contributed by atoms with E-state index in [0.717, 1.165) is 31.7 Å². The summed E-state index contributed by atoms with van der Waals surface area (Å²) in [6.07, 6.45) is 0. The van der Waals surface area contributed by atoms with Gasteiger partial charge in [-0.2, -0.15) is 0 Å². The number of piperazine rings is 1. The molecule has 1 fully saturated rings. The second-order valence-electron chi connectivity index (χ2n) is 5.49. The third kappa shape index (κ3) is 4.07. The van der Waals surface area contributed by atoms with E-state index in [0.29, 0.717) is 17.9 Å². The van der Waals surface area contributed by atoms with Gasteiger partial charge in [-0.3, -0.25) is 4.79 Å². The van der Waals surface area contributed by atoms with E-state index >= 15 is 0 Å². The van der Waals surface area contributed by atoms with E-state index in [1.807, 2.05) is 29.2 Å². The Balaban J connectivity index is 1.66. The van der Waals surface area contributed by atoms with Gasteiger partial charge >= 0.3 is 0 Å².